The summed E-state index contributed by atoms with van der Waals surface area (Å²) in [7, 11) is 0. The molecule has 0 amide bonds. The van der Waals surface area contributed by atoms with E-state index >= 15 is 0 Å². The van der Waals surface area contributed by atoms with Gasteiger partial charge in [-0.05, 0) is 53.4 Å². The third-order valence-electron chi connectivity index (χ3n) is 5.03. The van der Waals surface area contributed by atoms with E-state index in [1.54, 1.807) is 0 Å². The first-order valence-corrected chi connectivity index (χ1v) is 8.73. The summed E-state index contributed by atoms with van der Waals surface area (Å²) in [6, 6.07) is 1.84. The van der Waals surface area contributed by atoms with Crippen LogP contribution in [0.3, 0.4) is 0 Å². The Balaban J connectivity index is 1.75. The molecule has 4 heteroatoms. The summed E-state index contributed by atoms with van der Waals surface area (Å²) in [5.41, 5.74) is 0.101. The molecule has 124 valence electrons. The highest BCUT2D eigenvalue weighted by atomic mass is 16.5. The van der Waals surface area contributed by atoms with Gasteiger partial charge in [0.1, 0.15) is 0 Å². The molecule has 0 radical (unpaired) electrons. The Morgan fingerprint density at radius 1 is 1.10 bits per heavy atom. The Kier molecular flexibility index (Phi) is 6.48. The summed E-state index contributed by atoms with van der Waals surface area (Å²) in [5, 5.41) is 3.77. The molecule has 1 spiro atoms. The van der Waals surface area contributed by atoms with Crippen molar-refractivity contribution in [1.29, 1.82) is 0 Å². The number of rotatable bonds is 6. The van der Waals surface area contributed by atoms with Crippen LogP contribution in [-0.4, -0.2) is 61.5 Å². The lowest BCUT2D eigenvalue weighted by atomic mass is 9.84. The molecule has 0 aromatic carbocycles. The van der Waals surface area contributed by atoms with Gasteiger partial charge in [0.15, 0.2) is 0 Å². The fraction of sp³-hybridized carbons (Fsp3) is 1.00. The third kappa shape index (κ3) is 4.92. The maximum Gasteiger partial charge on any atom is 0.0741 e. The van der Waals surface area contributed by atoms with Gasteiger partial charge in [0.25, 0.3) is 0 Å². The topological polar surface area (TPSA) is 33.7 Å². The lowest BCUT2D eigenvalue weighted by Crippen LogP contribution is -2.51. The third-order valence-corrected chi connectivity index (χ3v) is 5.03. The summed E-state index contributed by atoms with van der Waals surface area (Å²) in [5.74, 6) is 0. The zero-order valence-corrected chi connectivity index (χ0v) is 14.4. The van der Waals surface area contributed by atoms with Crippen LogP contribution in [0.15, 0.2) is 0 Å². The molecule has 2 aliphatic rings. The summed E-state index contributed by atoms with van der Waals surface area (Å²) >= 11 is 0. The molecular formula is C17H34N2O2. The van der Waals surface area contributed by atoms with Crippen molar-refractivity contribution in [2.75, 3.05) is 32.9 Å². The molecule has 0 aliphatic carbocycles. The monoisotopic (exact) mass is 298 g/mol. The molecule has 0 bridgehead atoms. The standard InChI is InChI=1S/C17H34N2O2/c1-14(2)19(15(3)4)9-8-18-16-5-10-21-17(13-16)6-11-20-12-7-17/h14-16,18H,5-13H2,1-4H3. The van der Waals surface area contributed by atoms with Crippen LogP contribution in [0.25, 0.3) is 0 Å². The number of hydrogen-bond donors (Lipinski definition) is 1. The van der Waals surface area contributed by atoms with Crippen LogP contribution in [0.2, 0.25) is 0 Å². The highest BCUT2D eigenvalue weighted by Gasteiger charge is 2.38. The Labute approximate surface area is 130 Å². The van der Waals surface area contributed by atoms with Crippen molar-refractivity contribution < 1.29 is 9.47 Å². The lowest BCUT2D eigenvalue weighted by molar-refractivity contribution is -0.140. The quantitative estimate of drug-likeness (QED) is 0.816. The molecule has 0 aromatic heterocycles. The van der Waals surface area contributed by atoms with E-state index in [1.807, 2.05) is 0 Å². The predicted octanol–water partition coefficient (Wildman–Crippen LogP) is 2.42. The van der Waals surface area contributed by atoms with E-state index < -0.39 is 0 Å². The second-order valence-corrected chi connectivity index (χ2v) is 7.21. The van der Waals surface area contributed by atoms with Gasteiger partial charge in [-0.3, -0.25) is 4.90 Å². The normalized spacial score (nSPS) is 26.1. The fourth-order valence-corrected chi connectivity index (χ4v) is 3.80. The van der Waals surface area contributed by atoms with Crippen LogP contribution < -0.4 is 5.32 Å². The smallest absolute Gasteiger partial charge is 0.0741 e. The van der Waals surface area contributed by atoms with Gasteiger partial charge < -0.3 is 14.8 Å². The molecular weight excluding hydrogens is 264 g/mol. The molecule has 1 unspecified atom stereocenters. The number of nitrogens with one attached hydrogen (secondary N) is 1. The van der Waals surface area contributed by atoms with Crippen LogP contribution in [0.1, 0.15) is 53.4 Å². The van der Waals surface area contributed by atoms with E-state index in [0.717, 1.165) is 58.6 Å². The van der Waals surface area contributed by atoms with Gasteiger partial charge in [-0.1, -0.05) is 0 Å². The van der Waals surface area contributed by atoms with E-state index in [0.29, 0.717) is 18.1 Å². The first kappa shape index (κ1) is 17.2. The zero-order chi connectivity index (χ0) is 15.3. The predicted molar refractivity (Wildman–Crippen MR) is 86.7 cm³/mol. The molecule has 0 saturated carbocycles. The van der Waals surface area contributed by atoms with E-state index in [2.05, 4.69) is 37.9 Å². The molecule has 21 heavy (non-hydrogen) atoms. The SMILES string of the molecule is CC(C)N(CCNC1CCOC2(CCOCC2)C1)C(C)C. The molecule has 2 heterocycles. The van der Waals surface area contributed by atoms with Crippen molar-refractivity contribution in [3.8, 4) is 0 Å². The summed E-state index contributed by atoms with van der Waals surface area (Å²) in [6.45, 7) is 14.0. The first-order valence-electron chi connectivity index (χ1n) is 8.73. The van der Waals surface area contributed by atoms with E-state index in [4.69, 9.17) is 9.47 Å². The maximum absolute atomic E-state index is 6.11. The summed E-state index contributed by atoms with van der Waals surface area (Å²) < 4.78 is 11.6. The van der Waals surface area contributed by atoms with Gasteiger partial charge in [0.2, 0.25) is 0 Å². The van der Waals surface area contributed by atoms with Crippen molar-refractivity contribution in [3.05, 3.63) is 0 Å². The number of hydrogen-bond acceptors (Lipinski definition) is 4. The minimum Gasteiger partial charge on any atom is -0.381 e. The van der Waals surface area contributed by atoms with Gasteiger partial charge in [-0.25, -0.2) is 0 Å². The molecule has 2 fully saturated rings. The Morgan fingerprint density at radius 3 is 2.38 bits per heavy atom. The molecule has 2 aliphatic heterocycles. The van der Waals surface area contributed by atoms with E-state index in [1.165, 1.54) is 0 Å². The average molecular weight is 298 g/mol. The van der Waals surface area contributed by atoms with E-state index in [9.17, 15) is 0 Å². The zero-order valence-electron chi connectivity index (χ0n) is 14.4. The van der Waals surface area contributed by atoms with Crippen LogP contribution in [0.5, 0.6) is 0 Å². The van der Waals surface area contributed by atoms with Gasteiger partial charge in [0.05, 0.1) is 5.60 Å². The number of ether oxygens (including phenoxy) is 2. The fourth-order valence-electron chi connectivity index (χ4n) is 3.80. The Morgan fingerprint density at radius 2 is 1.76 bits per heavy atom. The van der Waals surface area contributed by atoms with Crippen molar-refractivity contribution in [3.63, 3.8) is 0 Å². The van der Waals surface area contributed by atoms with Gasteiger partial charge in [-0.15, -0.1) is 0 Å². The molecule has 4 nitrogen and oxygen atoms in total. The number of nitrogens with zero attached hydrogens (tertiary/aromatic N) is 1. The summed E-state index contributed by atoms with van der Waals surface area (Å²) in [4.78, 5) is 2.55. The second-order valence-electron chi connectivity index (χ2n) is 7.21. The summed E-state index contributed by atoms with van der Waals surface area (Å²) in [6.07, 6.45) is 4.43. The van der Waals surface area contributed by atoms with E-state index in [-0.39, 0.29) is 5.60 Å². The largest absolute Gasteiger partial charge is 0.381 e. The highest BCUT2D eigenvalue weighted by Crippen LogP contribution is 2.34. The molecule has 1 N–H and O–H groups in total. The van der Waals surface area contributed by atoms with Crippen LogP contribution in [-0.2, 0) is 9.47 Å². The van der Waals surface area contributed by atoms with Crippen molar-refractivity contribution in [1.82, 2.24) is 10.2 Å². The van der Waals surface area contributed by atoms with Crippen LogP contribution in [0.4, 0.5) is 0 Å². The lowest BCUT2D eigenvalue weighted by Gasteiger charge is -2.43. The highest BCUT2D eigenvalue weighted by molar-refractivity contribution is 4.91. The van der Waals surface area contributed by atoms with Crippen molar-refractivity contribution in [2.45, 2.75) is 77.1 Å². The molecule has 2 rings (SSSR count). The average Bonchev–Trinajstić information content (AvgIpc) is 2.43. The minimum absolute atomic E-state index is 0.101. The van der Waals surface area contributed by atoms with Crippen molar-refractivity contribution >= 4 is 0 Å². The first-order chi connectivity index (χ1) is 10.0. The van der Waals surface area contributed by atoms with Gasteiger partial charge >= 0.3 is 0 Å². The Bertz CT molecular complexity index is 288. The van der Waals surface area contributed by atoms with Gasteiger partial charge in [0, 0.05) is 51.0 Å². The Hall–Kier alpha value is -0.160. The second kappa shape index (κ2) is 7.91. The minimum atomic E-state index is 0.101. The van der Waals surface area contributed by atoms with Crippen molar-refractivity contribution in [2.24, 2.45) is 0 Å². The van der Waals surface area contributed by atoms with Crippen LogP contribution >= 0.6 is 0 Å². The van der Waals surface area contributed by atoms with Gasteiger partial charge in [-0.2, -0.15) is 0 Å². The maximum atomic E-state index is 6.11. The molecule has 0 aromatic rings. The molecule has 2 saturated heterocycles. The molecule has 1 atom stereocenters. The van der Waals surface area contributed by atoms with Crippen LogP contribution in [0, 0.1) is 0 Å².